The van der Waals surface area contributed by atoms with Crippen LogP contribution in [0.4, 0.5) is 0 Å². The van der Waals surface area contributed by atoms with Gasteiger partial charge in [-0.2, -0.15) is 0 Å². The molecule has 0 radical (unpaired) electrons. The minimum atomic E-state index is -0.506. The Labute approximate surface area is 284 Å². The number of benzene rings is 8. The van der Waals surface area contributed by atoms with Crippen LogP contribution in [-0.2, 0) is 5.41 Å². The van der Waals surface area contributed by atoms with E-state index in [1.54, 1.807) is 0 Å². The lowest BCUT2D eigenvalue weighted by molar-refractivity contribution is 0.436. The maximum absolute atomic E-state index is 6.74. The molecule has 1 aliphatic heterocycles. The molecule has 0 amide bonds. The van der Waals surface area contributed by atoms with Crippen molar-refractivity contribution in [2.24, 2.45) is 0 Å². The van der Waals surface area contributed by atoms with E-state index in [2.05, 4.69) is 180 Å². The minimum Gasteiger partial charge on any atom is -0.457 e. The fourth-order valence-corrected chi connectivity index (χ4v) is 8.94. The molecular formula is C47H29NO. The molecule has 0 saturated heterocycles. The zero-order valence-electron chi connectivity index (χ0n) is 26.6. The molecule has 9 aromatic rings. The number of fused-ring (bicyclic) bond motifs is 14. The van der Waals surface area contributed by atoms with Gasteiger partial charge in [-0.05, 0) is 75.0 Å². The lowest BCUT2D eigenvalue weighted by Gasteiger charge is -2.39. The molecule has 11 rings (SSSR count). The van der Waals surface area contributed by atoms with Crippen molar-refractivity contribution in [3.05, 3.63) is 198 Å². The van der Waals surface area contributed by atoms with Gasteiger partial charge in [-0.1, -0.05) is 140 Å². The molecule has 0 unspecified atom stereocenters. The third kappa shape index (κ3) is 3.45. The van der Waals surface area contributed by atoms with Gasteiger partial charge in [0.15, 0.2) is 0 Å². The first-order valence-electron chi connectivity index (χ1n) is 16.9. The van der Waals surface area contributed by atoms with Crippen LogP contribution in [0.15, 0.2) is 176 Å². The van der Waals surface area contributed by atoms with Crippen LogP contribution < -0.4 is 4.74 Å². The van der Waals surface area contributed by atoms with E-state index in [-0.39, 0.29) is 0 Å². The van der Waals surface area contributed by atoms with Crippen LogP contribution in [-0.4, -0.2) is 4.57 Å². The molecule has 1 aliphatic carbocycles. The standard InChI is InChI=1S/C47H29NO/c1-2-15-33-30(13-1)25-27-43-46(33)36-18-6-11-23-42(36)48(43)41-22-10-5-14-32(41)31-26-28-45-40(29-31)47(39-21-9-12-24-44(39)49-45)37-19-7-3-16-34(37)35-17-4-8-20-38(35)47/h1-29H. The van der Waals surface area contributed by atoms with Crippen LogP contribution in [0, 0.1) is 0 Å². The van der Waals surface area contributed by atoms with Crippen molar-refractivity contribution in [2.75, 3.05) is 0 Å². The molecule has 0 saturated carbocycles. The van der Waals surface area contributed by atoms with Crippen LogP contribution >= 0.6 is 0 Å². The molecule has 49 heavy (non-hydrogen) atoms. The van der Waals surface area contributed by atoms with Gasteiger partial charge in [0.2, 0.25) is 0 Å². The number of hydrogen-bond acceptors (Lipinski definition) is 1. The third-order valence-electron chi connectivity index (χ3n) is 10.9. The summed E-state index contributed by atoms with van der Waals surface area (Å²) in [6, 6.07) is 64.1. The summed E-state index contributed by atoms with van der Waals surface area (Å²) >= 11 is 0. The van der Waals surface area contributed by atoms with Crippen LogP contribution in [0.5, 0.6) is 11.5 Å². The highest BCUT2D eigenvalue weighted by atomic mass is 16.5. The molecule has 228 valence electrons. The SMILES string of the molecule is c1ccc2c(c1)Oc1ccc(-c3ccccc3-n3c4ccccc4c4c5ccccc5ccc43)cc1C21c2ccccc2-c2ccccc21. The summed E-state index contributed by atoms with van der Waals surface area (Å²) in [4.78, 5) is 0. The van der Waals surface area contributed by atoms with Crippen LogP contribution in [0.3, 0.4) is 0 Å². The molecule has 1 spiro atoms. The molecule has 1 aromatic heterocycles. The Balaban J connectivity index is 1.21. The summed E-state index contributed by atoms with van der Waals surface area (Å²) < 4.78 is 9.19. The van der Waals surface area contributed by atoms with Crippen molar-refractivity contribution >= 4 is 32.6 Å². The number of aromatic nitrogens is 1. The molecule has 0 bridgehead atoms. The van der Waals surface area contributed by atoms with Crippen molar-refractivity contribution in [2.45, 2.75) is 5.41 Å². The predicted molar refractivity (Wildman–Crippen MR) is 201 cm³/mol. The average Bonchev–Trinajstić information content (AvgIpc) is 3.66. The fourth-order valence-electron chi connectivity index (χ4n) is 8.94. The van der Waals surface area contributed by atoms with Crippen molar-refractivity contribution in [1.29, 1.82) is 0 Å². The maximum Gasteiger partial charge on any atom is 0.132 e. The Morgan fingerprint density at radius 1 is 0.408 bits per heavy atom. The lowest BCUT2D eigenvalue weighted by atomic mass is 9.66. The molecule has 2 aliphatic rings. The van der Waals surface area contributed by atoms with Gasteiger partial charge in [0, 0.05) is 27.5 Å². The summed E-state index contributed by atoms with van der Waals surface area (Å²) in [5.74, 6) is 1.81. The molecule has 0 N–H and O–H groups in total. The second-order valence-corrected chi connectivity index (χ2v) is 13.2. The quantitative estimate of drug-likeness (QED) is 0.187. The van der Waals surface area contributed by atoms with Gasteiger partial charge in [0.1, 0.15) is 11.5 Å². The van der Waals surface area contributed by atoms with E-state index in [4.69, 9.17) is 4.74 Å². The van der Waals surface area contributed by atoms with E-state index in [1.165, 1.54) is 71.5 Å². The molecular weight excluding hydrogens is 595 g/mol. The smallest absolute Gasteiger partial charge is 0.132 e. The fraction of sp³-hybridized carbons (Fsp3) is 0.0213. The van der Waals surface area contributed by atoms with Crippen molar-refractivity contribution in [3.8, 4) is 39.4 Å². The first kappa shape index (κ1) is 26.7. The number of nitrogens with zero attached hydrogens (tertiary/aromatic N) is 1. The Morgan fingerprint density at radius 3 is 1.84 bits per heavy atom. The maximum atomic E-state index is 6.74. The second-order valence-electron chi connectivity index (χ2n) is 13.2. The third-order valence-corrected chi connectivity index (χ3v) is 10.9. The van der Waals surface area contributed by atoms with Crippen molar-refractivity contribution in [3.63, 3.8) is 0 Å². The average molecular weight is 624 g/mol. The lowest BCUT2D eigenvalue weighted by Crippen LogP contribution is -2.32. The molecule has 2 nitrogen and oxygen atoms in total. The number of ether oxygens (including phenoxy) is 1. The molecule has 2 heterocycles. The Kier molecular flexibility index (Phi) is 5.34. The summed E-state index contributed by atoms with van der Waals surface area (Å²) in [6.07, 6.45) is 0. The van der Waals surface area contributed by atoms with Crippen molar-refractivity contribution < 1.29 is 4.74 Å². The highest BCUT2D eigenvalue weighted by Gasteiger charge is 2.51. The number of hydrogen-bond donors (Lipinski definition) is 0. The van der Waals surface area contributed by atoms with Gasteiger partial charge in [0.05, 0.1) is 22.1 Å². The largest absolute Gasteiger partial charge is 0.457 e. The highest BCUT2D eigenvalue weighted by molar-refractivity contribution is 6.21. The topological polar surface area (TPSA) is 14.2 Å². The van der Waals surface area contributed by atoms with Crippen LogP contribution in [0.1, 0.15) is 22.3 Å². The Morgan fingerprint density at radius 2 is 1.02 bits per heavy atom. The molecule has 0 atom stereocenters. The summed E-state index contributed by atoms with van der Waals surface area (Å²) in [5, 5.41) is 5.08. The van der Waals surface area contributed by atoms with Gasteiger partial charge < -0.3 is 9.30 Å². The van der Waals surface area contributed by atoms with Gasteiger partial charge in [0.25, 0.3) is 0 Å². The second kappa shape index (κ2) is 9.82. The number of para-hydroxylation sites is 3. The van der Waals surface area contributed by atoms with Crippen molar-refractivity contribution in [1.82, 2.24) is 4.57 Å². The molecule has 8 aromatic carbocycles. The van der Waals surface area contributed by atoms with Crippen LogP contribution in [0.25, 0.3) is 60.5 Å². The monoisotopic (exact) mass is 623 g/mol. The summed E-state index contributed by atoms with van der Waals surface area (Å²) in [7, 11) is 0. The van der Waals surface area contributed by atoms with Crippen LogP contribution in [0.2, 0.25) is 0 Å². The Bertz CT molecular complexity index is 2770. The summed E-state index contributed by atoms with van der Waals surface area (Å²) in [5.41, 5.74) is 12.9. The first-order chi connectivity index (χ1) is 24.3. The van der Waals surface area contributed by atoms with E-state index in [9.17, 15) is 0 Å². The number of rotatable bonds is 2. The zero-order valence-corrected chi connectivity index (χ0v) is 26.6. The van der Waals surface area contributed by atoms with E-state index >= 15 is 0 Å². The van der Waals surface area contributed by atoms with Gasteiger partial charge in [-0.3, -0.25) is 0 Å². The summed E-state index contributed by atoms with van der Waals surface area (Å²) in [6.45, 7) is 0. The van der Waals surface area contributed by atoms with E-state index in [0.717, 1.165) is 22.7 Å². The van der Waals surface area contributed by atoms with Gasteiger partial charge >= 0.3 is 0 Å². The normalized spacial score (nSPS) is 13.6. The van der Waals surface area contributed by atoms with E-state index in [0.29, 0.717) is 0 Å². The van der Waals surface area contributed by atoms with E-state index < -0.39 is 5.41 Å². The van der Waals surface area contributed by atoms with Gasteiger partial charge in [-0.25, -0.2) is 0 Å². The minimum absolute atomic E-state index is 0.506. The molecule has 2 heteroatoms. The predicted octanol–water partition coefficient (Wildman–Crippen LogP) is 12.1. The molecule has 0 fully saturated rings. The van der Waals surface area contributed by atoms with E-state index in [1.807, 2.05) is 0 Å². The van der Waals surface area contributed by atoms with Gasteiger partial charge in [-0.15, -0.1) is 0 Å². The first-order valence-corrected chi connectivity index (χ1v) is 16.9. The Hall–Kier alpha value is -6.38. The zero-order chi connectivity index (χ0) is 32.1. The highest BCUT2D eigenvalue weighted by Crippen LogP contribution is 2.62.